The molecule has 0 spiro atoms. The van der Waals surface area contributed by atoms with Gasteiger partial charge in [-0.25, -0.2) is 28.8 Å². The van der Waals surface area contributed by atoms with Crippen molar-refractivity contribution in [3.8, 4) is 0 Å². The molecule has 20 heavy (non-hydrogen) atoms. The summed E-state index contributed by atoms with van der Waals surface area (Å²) >= 11 is 0. The van der Waals surface area contributed by atoms with Gasteiger partial charge in [-0.2, -0.15) is 0 Å². The van der Waals surface area contributed by atoms with Gasteiger partial charge in [-0.3, -0.25) is 0 Å². The van der Waals surface area contributed by atoms with Crippen LogP contribution in [0.5, 0.6) is 0 Å². The van der Waals surface area contributed by atoms with Crippen LogP contribution in [0.2, 0.25) is 0 Å². The van der Waals surface area contributed by atoms with Crippen molar-refractivity contribution in [1.82, 2.24) is 0 Å². The number of aliphatic carboxylic acids is 6. The number of hydrogen-bond donors (Lipinski definition) is 6. The molecule has 6 N–H and O–H groups in total. The van der Waals surface area contributed by atoms with E-state index in [2.05, 4.69) is 0 Å². The first-order chi connectivity index (χ1) is 7.93. The van der Waals surface area contributed by atoms with Crippen LogP contribution in [-0.2, 0) is 28.8 Å². The molecule has 0 amide bonds. The molecule has 0 bridgehead atoms. The van der Waals surface area contributed by atoms with Gasteiger partial charge >= 0.3 is 35.8 Å². The standard InChI is InChI=1S/3C2H2O4.2Er/c3*3-1(4)2(5)6;;/h3*(H,3,4)(H,5,6);;. The fourth-order valence-corrected chi connectivity index (χ4v) is 0. The van der Waals surface area contributed by atoms with Crippen LogP contribution in [0, 0.1) is 74.6 Å². The summed E-state index contributed by atoms with van der Waals surface area (Å²) < 4.78 is 0. The van der Waals surface area contributed by atoms with E-state index in [1.54, 1.807) is 0 Å². The summed E-state index contributed by atoms with van der Waals surface area (Å²) in [6, 6.07) is 0. The van der Waals surface area contributed by atoms with E-state index in [4.69, 9.17) is 59.4 Å². The van der Waals surface area contributed by atoms with Crippen LogP contribution < -0.4 is 0 Å². The predicted molar refractivity (Wildman–Crippen MR) is 45.8 cm³/mol. The van der Waals surface area contributed by atoms with Crippen LogP contribution in [0.3, 0.4) is 0 Å². The topological polar surface area (TPSA) is 224 Å². The van der Waals surface area contributed by atoms with E-state index < -0.39 is 35.8 Å². The molecule has 0 saturated carbocycles. The molecule has 0 aliphatic carbocycles. The summed E-state index contributed by atoms with van der Waals surface area (Å²) in [5, 5.41) is 44.3. The Bertz CT molecular complexity index is 281. The molecule has 0 fully saturated rings. The monoisotopic (exact) mass is 602 g/mol. The van der Waals surface area contributed by atoms with Crippen molar-refractivity contribution < 1.29 is 134 Å². The van der Waals surface area contributed by atoms with E-state index in [9.17, 15) is 0 Å². The van der Waals surface area contributed by atoms with E-state index in [1.165, 1.54) is 0 Å². The Hall–Kier alpha value is -0.686. The van der Waals surface area contributed by atoms with Gasteiger partial charge in [-0.15, -0.1) is 0 Å². The van der Waals surface area contributed by atoms with Crippen molar-refractivity contribution in [2.24, 2.45) is 0 Å². The smallest absolute Gasteiger partial charge is 0.414 e. The van der Waals surface area contributed by atoms with Crippen LogP contribution in [0.25, 0.3) is 0 Å². The molecule has 0 aromatic heterocycles. The Morgan fingerprint density at radius 3 is 0.400 bits per heavy atom. The molecule has 14 heteroatoms. The van der Waals surface area contributed by atoms with Crippen molar-refractivity contribution in [3.05, 3.63) is 0 Å². The molecule has 0 aromatic rings. The quantitative estimate of drug-likeness (QED) is 0.158. The predicted octanol–water partition coefficient (Wildman–Crippen LogP) is -2.53. The van der Waals surface area contributed by atoms with E-state index >= 15 is 0 Å². The molecular weight excluding hydrogens is 599 g/mol. The van der Waals surface area contributed by atoms with Crippen LogP contribution >= 0.6 is 0 Å². The molecule has 0 rings (SSSR count). The largest absolute Gasteiger partial charge is 0.473 e. The summed E-state index contributed by atoms with van der Waals surface area (Å²) in [5.41, 5.74) is 0. The molecule has 0 atom stereocenters. The summed E-state index contributed by atoms with van der Waals surface area (Å²) in [6.07, 6.45) is 0. The van der Waals surface area contributed by atoms with Crippen molar-refractivity contribution in [2.45, 2.75) is 0 Å². The summed E-state index contributed by atoms with van der Waals surface area (Å²) in [7, 11) is 0. The average molecular weight is 605 g/mol. The SMILES string of the molecule is O=C(O)C(=O)O.O=C(O)C(=O)O.O=C(O)C(=O)O.[Er].[Er]. The van der Waals surface area contributed by atoms with Crippen molar-refractivity contribution >= 4 is 35.8 Å². The minimum atomic E-state index is -1.82. The maximum atomic E-state index is 9.10. The zero-order valence-corrected chi connectivity index (χ0v) is 12.4. The first-order valence-electron chi connectivity index (χ1n) is 3.32. The second kappa shape index (κ2) is 18.3. The minimum absolute atomic E-state index is 0. The molecule has 12 nitrogen and oxygen atoms in total. The molecule has 0 heterocycles. The average Bonchev–Trinajstić information content (AvgIpc) is 2.18. The van der Waals surface area contributed by atoms with Gasteiger partial charge < -0.3 is 30.6 Å². The van der Waals surface area contributed by atoms with E-state index in [0.29, 0.717) is 0 Å². The first kappa shape index (κ1) is 31.6. The third-order valence-corrected chi connectivity index (χ3v) is 0.549. The zero-order chi connectivity index (χ0) is 15.5. The van der Waals surface area contributed by atoms with Crippen molar-refractivity contribution in [2.75, 3.05) is 0 Å². The molecule has 0 unspecified atom stereocenters. The Morgan fingerprint density at radius 1 is 0.350 bits per heavy atom. The Kier molecular flexibility index (Phi) is 29.0. The normalized spacial score (nSPS) is 6.60. The molecular formula is C6H6Er2O12. The van der Waals surface area contributed by atoms with Crippen molar-refractivity contribution in [1.29, 1.82) is 0 Å². The summed E-state index contributed by atoms with van der Waals surface area (Å²) in [4.78, 5) is 54.6. The Morgan fingerprint density at radius 2 is 0.400 bits per heavy atom. The maximum Gasteiger partial charge on any atom is 0.414 e. The summed E-state index contributed by atoms with van der Waals surface area (Å²) in [6.45, 7) is 0. The van der Waals surface area contributed by atoms with Gasteiger partial charge in [0.25, 0.3) is 0 Å². The zero-order valence-electron chi connectivity index (χ0n) is 8.71. The first-order valence-corrected chi connectivity index (χ1v) is 3.32. The third-order valence-electron chi connectivity index (χ3n) is 0.549. The fourth-order valence-electron chi connectivity index (χ4n) is 0. The van der Waals surface area contributed by atoms with Crippen LogP contribution in [0.1, 0.15) is 0 Å². The molecule has 0 aliphatic rings. The third kappa shape index (κ3) is 36.0. The van der Waals surface area contributed by atoms with Crippen LogP contribution in [0.15, 0.2) is 0 Å². The number of rotatable bonds is 0. The van der Waals surface area contributed by atoms with Gasteiger partial charge in [0.15, 0.2) is 0 Å². The number of hydrogen-bond acceptors (Lipinski definition) is 6. The Balaban J connectivity index is -0.0000000536. The van der Waals surface area contributed by atoms with Crippen molar-refractivity contribution in [3.63, 3.8) is 0 Å². The molecule has 126 valence electrons. The number of carbonyl (C=O) groups is 6. The van der Waals surface area contributed by atoms with E-state index in [1.807, 2.05) is 0 Å². The van der Waals surface area contributed by atoms with E-state index in [-0.39, 0.29) is 74.6 Å². The minimum Gasteiger partial charge on any atom is -0.473 e. The molecule has 0 saturated heterocycles. The second-order valence-corrected chi connectivity index (χ2v) is 1.83. The maximum absolute atomic E-state index is 9.10. The molecule has 0 radical (unpaired) electrons. The van der Waals surface area contributed by atoms with E-state index in [0.717, 1.165) is 0 Å². The van der Waals surface area contributed by atoms with Gasteiger partial charge in [0, 0.05) is 74.6 Å². The van der Waals surface area contributed by atoms with Gasteiger partial charge in [0.05, 0.1) is 0 Å². The molecule has 0 aliphatic heterocycles. The Labute approximate surface area is 168 Å². The van der Waals surface area contributed by atoms with Crippen LogP contribution in [0.4, 0.5) is 0 Å². The summed E-state index contributed by atoms with van der Waals surface area (Å²) in [5.74, 6) is -10.9. The number of carboxylic acids is 6. The van der Waals surface area contributed by atoms with Gasteiger partial charge in [-0.05, 0) is 0 Å². The van der Waals surface area contributed by atoms with Gasteiger partial charge in [-0.1, -0.05) is 0 Å². The second-order valence-electron chi connectivity index (χ2n) is 1.83. The fraction of sp³-hybridized carbons (Fsp3) is 0. The number of carboxylic acid groups (broad SMARTS) is 6. The van der Waals surface area contributed by atoms with Crippen LogP contribution in [-0.4, -0.2) is 66.5 Å². The molecule has 0 aromatic carbocycles. The van der Waals surface area contributed by atoms with Gasteiger partial charge in [0.2, 0.25) is 0 Å². The van der Waals surface area contributed by atoms with Gasteiger partial charge in [0.1, 0.15) is 0 Å².